The van der Waals surface area contributed by atoms with E-state index >= 15 is 0 Å². The van der Waals surface area contributed by atoms with Crippen molar-refractivity contribution < 1.29 is 5.11 Å². The van der Waals surface area contributed by atoms with E-state index in [-0.39, 0.29) is 6.04 Å². The van der Waals surface area contributed by atoms with Gasteiger partial charge in [0.1, 0.15) is 11.3 Å². The van der Waals surface area contributed by atoms with Crippen molar-refractivity contribution in [2.45, 2.75) is 26.0 Å². The fourth-order valence-corrected chi connectivity index (χ4v) is 3.47. The fourth-order valence-electron chi connectivity index (χ4n) is 3.47. The second kappa shape index (κ2) is 7.44. The van der Waals surface area contributed by atoms with E-state index in [0.29, 0.717) is 5.82 Å². The van der Waals surface area contributed by atoms with Crippen LogP contribution in [-0.2, 0) is 0 Å². The number of aliphatic hydroxyl groups is 1. The fraction of sp³-hybridized carbons (Fsp3) is 0.217. The Bertz CT molecular complexity index is 1080. The van der Waals surface area contributed by atoms with Crippen molar-refractivity contribution in [2.75, 3.05) is 11.9 Å². The third kappa shape index (κ3) is 3.37. The zero-order valence-corrected chi connectivity index (χ0v) is 16.3. The molecule has 5 nitrogen and oxygen atoms in total. The van der Waals surface area contributed by atoms with E-state index in [1.165, 1.54) is 0 Å². The van der Waals surface area contributed by atoms with E-state index in [0.717, 1.165) is 33.7 Å². The van der Waals surface area contributed by atoms with Gasteiger partial charge in [0, 0.05) is 12.7 Å². The molecule has 2 N–H and O–H groups in total. The summed E-state index contributed by atoms with van der Waals surface area (Å²) in [4.78, 5) is 14.8. The Hall–Kier alpha value is -3.18. The minimum atomic E-state index is -0.625. The molecule has 2 unspecified atom stereocenters. The first-order valence-electron chi connectivity index (χ1n) is 9.43. The molecule has 0 saturated heterocycles. The van der Waals surface area contributed by atoms with Crippen LogP contribution in [-0.4, -0.2) is 33.1 Å². The zero-order chi connectivity index (χ0) is 19.7. The van der Waals surface area contributed by atoms with Crippen LogP contribution in [0.1, 0.15) is 24.4 Å². The maximum atomic E-state index is 10.9. The molecule has 2 aromatic heterocycles. The number of fused-ring (bicyclic) bond motifs is 1. The number of aliphatic hydroxyl groups excluding tert-OH is 1. The summed E-state index contributed by atoms with van der Waals surface area (Å²) < 4.78 is 0. The lowest BCUT2D eigenvalue weighted by Gasteiger charge is -2.30. The standard InChI is InChI=1S/C23H24N4O/c1-15(22(28)18-12-8-5-9-13-18)27(3)23-21-20(24-16(2)25-23)14-19(26-21)17-10-6-4-7-11-17/h4-15,22,26,28H,1-3H3. The van der Waals surface area contributed by atoms with Crippen LogP contribution >= 0.6 is 0 Å². The van der Waals surface area contributed by atoms with Gasteiger partial charge in [-0.1, -0.05) is 60.7 Å². The lowest BCUT2D eigenvalue weighted by atomic mass is 10.0. The number of hydrogen-bond acceptors (Lipinski definition) is 4. The highest BCUT2D eigenvalue weighted by Gasteiger charge is 2.24. The molecule has 0 aliphatic heterocycles. The van der Waals surface area contributed by atoms with Crippen molar-refractivity contribution in [3.8, 4) is 11.3 Å². The van der Waals surface area contributed by atoms with Gasteiger partial charge in [-0.3, -0.25) is 0 Å². The average molecular weight is 372 g/mol. The highest BCUT2D eigenvalue weighted by Crippen LogP contribution is 2.31. The van der Waals surface area contributed by atoms with Crippen molar-refractivity contribution in [3.05, 3.63) is 78.1 Å². The molecule has 0 fully saturated rings. The highest BCUT2D eigenvalue weighted by molar-refractivity contribution is 5.90. The minimum Gasteiger partial charge on any atom is -0.386 e. The average Bonchev–Trinajstić information content (AvgIpc) is 3.16. The Morgan fingerprint density at radius 2 is 1.61 bits per heavy atom. The molecule has 0 saturated carbocycles. The topological polar surface area (TPSA) is 65.0 Å². The van der Waals surface area contributed by atoms with Gasteiger partial charge >= 0.3 is 0 Å². The normalized spacial score (nSPS) is 13.4. The first-order chi connectivity index (χ1) is 13.5. The summed E-state index contributed by atoms with van der Waals surface area (Å²) in [6.07, 6.45) is -0.625. The number of nitrogens with zero attached hydrogens (tertiary/aromatic N) is 3. The van der Waals surface area contributed by atoms with Gasteiger partial charge in [-0.05, 0) is 31.0 Å². The number of nitrogens with one attached hydrogen (secondary N) is 1. The number of aryl methyl sites for hydroxylation is 1. The molecule has 0 radical (unpaired) electrons. The van der Waals surface area contributed by atoms with Gasteiger partial charge < -0.3 is 15.0 Å². The molecule has 28 heavy (non-hydrogen) atoms. The first-order valence-corrected chi connectivity index (χ1v) is 9.43. The number of rotatable bonds is 5. The maximum absolute atomic E-state index is 10.9. The van der Waals surface area contributed by atoms with Crippen LogP contribution in [0.25, 0.3) is 22.3 Å². The maximum Gasteiger partial charge on any atom is 0.156 e. The van der Waals surface area contributed by atoms with Crippen LogP contribution in [0.5, 0.6) is 0 Å². The molecule has 0 amide bonds. The number of hydrogen-bond donors (Lipinski definition) is 2. The van der Waals surface area contributed by atoms with Crippen LogP contribution in [0.2, 0.25) is 0 Å². The number of likely N-dealkylation sites (N-methyl/N-ethyl adjacent to an activating group) is 1. The minimum absolute atomic E-state index is 0.164. The molecule has 2 heterocycles. The largest absolute Gasteiger partial charge is 0.386 e. The SMILES string of the molecule is Cc1nc(N(C)C(C)C(O)c2ccccc2)c2[nH]c(-c3ccccc3)cc2n1. The summed E-state index contributed by atoms with van der Waals surface area (Å²) in [5, 5.41) is 10.9. The van der Waals surface area contributed by atoms with Gasteiger partial charge in [-0.15, -0.1) is 0 Å². The number of H-pyrrole nitrogens is 1. The van der Waals surface area contributed by atoms with Crippen molar-refractivity contribution in [2.24, 2.45) is 0 Å². The summed E-state index contributed by atoms with van der Waals surface area (Å²) >= 11 is 0. The monoisotopic (exact) mass is 372 g/mol. The van der Waals surface area contributed by atoms with Gasteiger partial charge in [-0.2, -0.15) is 0 Å². The van der Waals surface area contributed by atoms with Crippen LogP contribution < -0.4 is 4.90 Å². The van der Waals surface area contributed by atoms with Crippen LogP contribution in [0.3, 0.4) is 0 Å². The highest BCUT2D eigenvalue weighted by atomic mass is 16.3. The van der Waals surface area contributed by atoms with Gasteiger partial charge in [0.05, 0.1) is 17.7 Å². The summed E-state index contributed by atoms with van der Waals surface area (Å²) in [6, 6.07) is 21.8. The lowest BCUT2D eigenvalue weighted by molar-refractivity contribution is 0.150. The Morgan fingerprint density at radius 3 is 2.29 bits per heavy atom. The van der Waals surface area contributed by atoms with Crippen LogP contribution in [0.15, 0.2) is 66.7 Å². The number of aromatic nitrogens is 3. The third-order valence-corrected chi connectivity index (χ3v) is 5.20. The van der Waals surface area contributed by atoms with Crippen LogP contribution in [0, 0.1) is 6.92 Å². The second-order valence-electron chi connectivity index (χ2n) is 7.11. The molecule has 0 spiro atoms. The molecule has 0 bridgehead atoms. The van der Waals surface area contributed by atoms with Crippen molar-refractivity contribution in [3.63, 3.8) is 0 Å². The molecule has 142 valence electrons. The molecule has 0 aliphatic carbocycles. The molecule has 4 aromatic rings. The van der Waals surface area contributed by atoms with E-state index in [1.54, 1.807) is 0 Å². The smallest absolute Gasteiger partial charge is 0.156 e. The molecule has 2 atom stereocenters. The van der Waals surface area contributed by atoms with E-state index in [1.807, 2.05) is 74.3 Å². The second-order valence-corrected chi connectivity index (χ2v) is 7.11. The van der Waals surface area contributed by atoms with Gasteiger partial charge in [0.2, 0.25) is 0 Å². The van der Waals surface area contributed by atoms with Crippen molar-refractivity contribution in [1.29, 1.82) is 0 Å². The van der Waals surface area contributed by atoms with Crippen molar-refractivity contribution >= 4 is 16.9 Å². The first kappa shape index (κ1) is 18.2. The Morgan fingerprint density at radius 1 is 0.964 bits per heavy atom. The molecule has 2 aromatic carbocycles. The van der Waals surface area contributed by atoms with E-state index in [9.17, 15) is 5.11 Å². The predicted molar refractivity (Wildman–Crippen MR) is 113 cm³/mol. The molecular formula is C23H24N4O. The number of benzene rings is 2. The van der Waals surface area contributed by atoms with Crippen molar-refractivity contribution in [1.82, 2.24) is 15.0 Å². The molecular weight excluding hydrogens is 348 g/mol. The molecule has 4 rings (SSSR count). The zero-order valence-electron chi connectivity index (χ0n) is 16.3. The summed E-state index contributed by atoms with van der Waals surface area (Å²) in [5.41, 5.74) is 4.74. The predicted octanol–water partition coefficient (Wildman–Crippen LogP) is 4.49. The van der Waals surface area contributed by atoms with E-state index < -0.39 is 6.10 Å². The summed E-state index contributed by atoms with van der Waals surface area (Å²) in [7, 11) is 1.96. The van der Waals surface area contributed by atoms with Gasteiger partial charge in [0.15, 0.2) is 5.82 Å². The Balaban J connectivity index is 1.74. The summed E-state index contributed by atoms with van der Waals surface area (Å²) in [5.74, 6) is 1.49. The van der Waals surface area contributed by atoms with Gasteiger partial charge in [0.25, 0.3) is 0 Å². The summed E-state index contributed by atoms with van der Waals surface area (Å²) in [6.45, 7) is 3.90. The number of aromatic amines is 1. The quantitative estimate of drug-likeness (QED) is 0.542. The number of anilines is 1. The Labute approximate surface area is 164 Å². The van der Waals surface area contributed by atoms with E-state index in [2.05, 4.69) is 33.2 Å². The van der Waals surface area contributed by atoms with Gasteiger partial charge in [-0.25, -0.2) is 9.97 Å². The third-order valence-electron chi connectivity index (χ3n) is 5.20. The van der Waals surface area contributed by atoms with Crippen LogP contribution in [0.4, 0.5) is 5.82 Å². The lowest BCUT2D eigenvalue weighted by Crippen LogP contribution is -2.35. The Kier molecular flexibility index (Phi) is 4.84. The molecule has 0 aliphatic rings. The van der Waals surface area contributed by atoms with E-state index in [4.69, 9.17) is 0 Å². The molecule has 5 heteroatoms.